The summed E-state index contributed by atoms with van der Waals surface area (Å²) in [5.74, 6) is 0.820. The van der Waals surface area contributed by atoms with Crippen molar-refractivity contribution in [1.29, 1.82) is 0 Å². The maximum atomic E-state index is 13.7. The molecule has 0 aromatic carbocycles. The number of fused-ring (bicyclic) bond motifs is 6. The van der Waals surface area contributed by atoms with Gasteiger partial charge in [0.2, 0.25) is 0 Å². The molecule has 0 spiro atoms. The van der Waals surface area contributed by atoms with Crippen LogP contribution in [0.3, 0.4) is 0 Å². The van der Waals surface area contributed by atoms with Crippen molar-refractivity contribution in [3.63, 3.8) is 0 Å². The highest BCUT2D eigenvalue weighted by Gasteiger charge is 2.68. The van der Waals surface area contributed by atoms with Crippen LogP contribution < -0.4 is 0 Å². The van der Waals surface area contributed by atoms with E-state index in [0.717, 1.165) is 35.7 Å². The van der Waals surface area contributed by atoms with Crippen LogP contribution in [-0.4, -0.2) is 48.2 Å². The molecule has 2 heterocycles. The molecule has 6 unspecified atom stereocenters. The van der Waals surface area contributed by atoms with Crippen LogP contribution in [0.15, 0.2) is 16.1 Å². The molecule has 0 radical (unpaired) electrons. The van der Waals surface area contributed by atoms with Gasteiger partial charge in [-0.15, -0.1) is 11.3 Å². The molecule has 2 N–H and O–H groups in total. The number of Topliss-reactive ketones (excluding diaryl/α,β-unsaturated/α-hetero) is 1. The SMILES string of the molecule is Cc1nc(SCC(=O)[C@@]2(O)CCC3C4CCC5=Cc6c(cnn6C6CCCCC6)CC5(C)C4C(O)CC32C)sc1C. The minimum absolute atomic E-state index is 0.0938. The summed E-state index contributed by atoms with van der Waals surface area (Å²) in [5.41, 5.74) is 3.00. The molecule has 5 aliphatic rings. The van der Waals surface area contributed by atoms with E-state index in [-0.39, 0.29) is 28.8 Å². The number of aliphatic hydroxyl groups excluding tert-OH is 1. The molecule has 222 valence electrons. The molecule has 4 fully saturated rings. The fraction of sp³-hybridized carbons (Fsp3) is 0.727. The van der Waals surface area contributed by atoms with Gasteiger partial charge in [0.05, 0.1) is 35.5 Å². The number of allylic oxidation sites excluding steroid dienone is 1. The fourth-order valence-electron chi connectivity index (χ4n) is 10.0. The summed E-state index contributed by atoms with van der Waals surface area (Å²) >= 11 is 3.07. The smallest absolute Gasteiger partial charge is 0.175 e. The quantitative estimate of drug-likeness (QED) is 0.374. The minimum atomic E-state index is -1.39. The molecule has 2 aromatic heterocycles. The van der Waals surface area contributed by atoms with Crippen molar-refractivity contribution in [2.75, 3.05) is 5.75 Å². The van der Waals surface area contributed by atoms with Crippen molar-refractivity contribution in [1.82, 2.24) is 14.8 Å². The molecule has 5 aliphatic carbocycles. The molecule has 0 amide bonds. The van der Waals surface area contributed by atoms with E-state index in [4.69, 9.17) is 5.10 Å². The topological polar surface area (TPSA) is 88.2 Å². The maximum Gasteiger partial charge on any atom is 0.175 e. The molecule has 8 heteroatoms. The van der Waals surface area contributed by atoms with Gasteiger partial charge in [-0.05, 0) is 100 Å². The van der Waals surface area contributed by atoms with Gasteiger partial charge in [0.1, 0.15) is 5.60 Å². The van der Waals surface area contributed by atoms with Crippen molar-refractivity contribution in [3.8, 4) is 0 Å². The highest BCUT2D eigenvalue weighted by Crippen LogP contribution is 2.67. The van der Waals surface area contributed by atoms with E-state index in [1.54, 1.807) is 11.3 Å². The molecular weight excluding hydrogens is 551 g/mol. The molecule has 41 heavy (non-hydrogen) atoms. The molecule has 0 saturated heterocycles. The van der Waals surface area contributed by atoms with Crippen molar-refractivity contribution in [2.45, 2.75) is 120 Å². The molecule has 4 saturated carbocycles. The number of carbonyl (C=O) groups excluding carboxylic acids is 1. The van der Waals surface area contributed by atoms with Gasteiger partial charge in [0, 0.05) is 10.3 Å². The maximum absolute atomic E-state index is 13.7. The predicted octanol–water partition coefficient (Wildman–Crippen LogP) is 6.71. The molecule has 7 atom stereocenters. The monoisotopic (exact) mass is 595 g/mol. The Bertz CT molecular complexity index is 1370. The Balaban J connectivity index is 1.13. The van der Waals surface area contributed by atoms with E-state index in [1.165, 1.54) is 65.6 Å². The van der Waals surface area contributed by atoms with Crippen molar-refractivity contribution < 1.29 is 15.0 Å². The summed E-state index contributed by atoms with van der Waals surface area (Å²) in [6.45, 7) is 8.53. The molecule has 6 nitrogen and oxygen atoms in total. The number of hydrogen-bond donors (Lipinski definition) is 2. The predicted molar refractivity (Wildman–Crippen MR) is 164 cm³/mol. The van der Waals surface area contributed by atoms with Crippen LogP contribution in [0.25, 0.3) is 6.08 Å². The van der Waals surface area contributed by atoms with E-state index in [9.17, 15) is 15.0 Å². The van der Waals surface area contributed by atoms with Gasteiger partial charge in [-0.1, -0.05) is 50.4 Å². The molecular formula is C33H45N3O3S2. The summed E-state index contributed by atoms with van der Waals surface area (Å²) in [6.07, 6.45) is 15.2. The number of hydrogen-bond acceptors (Lipinski definition) is 7. The molecule has 0 aliphatic heterocycles. The summed E-state index contributed by atoms with van der Waals surface area (Å²) in [7, 11) is 0. The Morgan fingerprint density at radius 2 is 1.95 bits per heavy atom. The number of ketones is 1. The standard InChI is InChI=1S/C33H45N3O3S2/c1-19-20(2)41-30(35-19)40-18-28(38)33(39)13-12-25-24-11-10-22-14-26-21(17-34-36(26)23-8-6-5-7-9-23)15-31(22,3)29(24)27(37)16-32(25,33)4/h14,17,23-25,27,29,37,39H,5-13,15-16,18H2,1-4H3/t24?,25?,27?,29?,31?,32?,33-/m0/s1. The highest BCUT2D eigenvalue weighted by molar-refractivity contribution is 8.01. The van der Waals surface area contributed by atoms with Crippen molar-refractivity contribution >= 4 is 35.0 Å². The van der Waals surface area contributed by atoms with Gasteiger partial charge in [-0.3, -0.25) is 9.48 Å². The van der Waals surface area contributed by atoms with Crippen LogP contribution in [0.4, 0.5) is 0 Å². The normalized spacial score (nSPS) is 38.5. The summed E-state index contributed by atoms with van der Waals surface area (Å²) in [4.78, 5) is 19.5. The summed E-state index contributed by atoms with van der Waals surface area (Å²) in [6, 6.07) is 0.515. The lowest BCUT2D eigenvalue weighted by Gasteiger charge is -2.60. The first-order chi connectivity index (χ1) is 19.5. The minimum Gasteiger partial charge on any atom is -0.393 e. The lowest BCUT2D eigenvalue weighted by molar-refractivity contribution is -0.177. The second-order valence-electron chi connectivity index (χ2n) is 14.3. The Labute approximate surface area is 252 Å². The zero-order valence-corrected chi connectivity index (χ0v) is 26.6. The van der Waals surface area contributed by atoms with Crippen LogP contribution >= 0.6 is 23.1 Å². The van der Waals surface area contributed by atoms with E-state index in [2.05, 4.69) is 42.7 Å². The average molecular weight is 596 g/mol. The first kappa shape index (κ1) is 28.3. The van der Waals surface area contributed by atoms with Gasteiger partial charge >= 0.3 is 0 Å². The molecule has 7 rings (SSSR count). The second kappa shape index (κ2) is 10.0. The number of aryl methyl sites for hydroxylation is 2. The molecule has 0 bridgehead atoms. The number of rotatable bonds is 5. The van der Waals surface area contributed by atoms with Gasteiger partial charge in [0.25, 0.3) is 0 Å². The van der Waals surface area contributed by atoms with Gasteiger partial charge < -0.3 is 10.2 Å². The third kappa shape index (κ3) is 4.21. The van der Waals surface area contributed by atoms with Crippen LogP contribution in [0, 0.1) is 42.4 Å². The van der Waals surface area contributed by atoms with Gasteiger partial charge in [-0.25, -0.2) is 4.98 Å². The Morgan fingerprint density at radius 1 is 1.17 bits per heavy atom. The van der Waals surface area contributed by atoms with Crippen LogP contribution in [0.2, 0.25) is 0 Å². The zero-order chi connectivity index (χ0) is 28.7. The Morgan fingerprint density at radius 3 is 2.68 bits per heavy atom. The first-order valence-electron chi connectivity index (χ1n) is 15.8. The fourth-order valence-corrected chi connectivity index (χ4v) is 12.2. The van der Waals surface area contributed by atoms with Crippen LogP contribution in [-0.2, 0) is 11.2 Å². The number of thioether (sulfide) groups is 1. The van der Waals surface area contributed by atoms with Gasteiger partial charge in [0.15, 0.2) is 10.1 Å². The Hall–Kier alpha value is -1.48. The average Bonchev–Trinajstić information content (AvgIpc) is 3.58. The molecule has 2 aromatic rings. The van der Waals surface area contributed by atoms with E-state index >= 15 is 0 Å². The number of aliphatic hydroxyl groups is 2. The number of carbonyl (C=O) groups is 1. The lowest BCUT2D eigenvalue weighted by atomic mass is 9.45. The van der Waals surface area contributed by atoms with Crippen LogP contribution in [0.5, 0.6) is 0 Å². The van der Waals surface area contributed by atoms with Crippen LogP contribution in [0.1, 0.15) is 106 Å². The highest BCUT2D eigenvalue weighted by atomic mass is 32.2. The number of thiazole rings is 1. The second-order valence-corrected chi connectivity index (χ2v) is 16.7. The zero-order valence-electron chi connectivity index (χ0n) is 25.0. The van der Waals surface area contributed by atoms with E-state index in [0.29, 0.717) is 24.8 Å². The third-order valence-corrected chi connectivity index (χ3v) is 14.5. The third-order valence-electron chi connectivity index (χ3n) is 12.3. The van der Waals surface area contributed by atoms with Crippen molar-refractivity contribution in [3.05, 3.63) is 33.6 Å². The summed E-state index contributed by atoms with van der Waals surface area (Å²) in [5, 5.41) is 29.0. The van der Waals surface area contributed by atoms with E-state index < -0.39 is 17.1 Å². The summed E-state index contributed by atoms with van der Waals surface area (Å²) < 4.78 is 3.21. The first-order valence-corrected chi connectivity index (χ1v) is 17.6. The number of aromatic nitrogens is 3. The van der Waals surface area contributed by atoms with Gasteiger partial charge in [-0.2, -0.15) is 5.10 Å². The largest absolute Gasteiger partial charge is 0.393 e. The number of nitrogens with zero attached hydrogens (tertiary/aromatic N) is 3. The Kier molecular flexibility index (Phi) is 6.92. The lowest BCUT2D eigenvalue weighted by Crippen LogP contribution is -2.62. The van der Waals surface area contributed by atoms with E-state index in [1.807, 2.05) is 6.92 Å². The van der Waals surface area contributed by atoms with Crippen molar-refractivity contribution in [2.24, 2.45) is 28.6 Å².